The van der Waals surface area contributed by atoms with Gasteiger partial charge in [-0.25, -0.2) is 0 Å². The third-order valence-electron chi connectivity index (χ3n) is 2.13. The summed E-state index contributed by atoms with van der Waals surface area (Å²) >= 11 is 0. The maximum atomic E-state index is 8.89. The molecule has 0 heterocycles. The van der Waals surface area contributed by atoms with Gasteiger partial charge in [-0.1, -0.05) is 26.0 Å². The molecule has 0 radical (unpaired) electrons. The van der Waals surface area contributed by atoms with Crippen molar-refractivity contribution in [2.45, 2.75) is 33.1 Å². The van der Waals surface area contributed by atoms with E-state index < -0.39 is 0 Å². The molecule has 0 bridgehead atoms. The average Bonchev–Trinajstić information content (AvgIpc) is 2.14. The van der Waals surface area contributed by atoms with Crippen LogP contribution in [0, 0.1) is 28.1 Å². The van der Waals surface area contributed by atoms with Gasteiger partial charge in [0, 0.05) is 0 Å². The van der Waals surface area contributed by atoms with Gasteiger partial charge >= 0.3 is 0 Å². The van der Waals surface area contributed by atoms with Crippen LogP contribution in [-0.2, 0) is 0 Å². The van der Waals surface area contributed by atoms with Gasteiger partial charge in [-0.05, 0) is 12.8 Å². The van der Waals surface area contributed by atoms with Gasteiger partial charge < -0.3 is 0 Å². The number of hydrogen-bond donors (Lipinski definition) is 0. The molecular weight excluding hydrogens is 148 g/mol. The fourth-order valence-electron chi connectivity index (χ4n) is 1.02. The van der Waals surface area contributed by atoms with Crippen molar-refractivity contribution >= 4 is 0 Å². The van der Waals surface area contributed by atoms with Crippen LogP contribution < -0.4 is 0 Å². The van der Waals surface area contributed by atoms with Gasteiger partial charge in [0.05, 0.1) is 24.0 Å². The Morgan fingerprint density at radius 1 is 1.25 bits per heavy atom. The molecule has 0 spiro atoms. The Morgan fingerprint density at radius 2 is 1.83 bits per heavy atom. The van der Waals surface area contributed by atoms with E-state index in [1.54, 1.807) is 6.08 Å². The molecule has 2 heteroatoms. The summed E-state index contributed by atoms with van der Waals surface area (Å²) in [7, 11) is 0. The molecule has 12 heavy (non-hydrogen) atoms. The minimum atomic E-state index is -0.350. The summed E-state index contributed by atoms with van der Waals surface area (Å²) < 4.78 is 0. The average molecular weight is 162 g/mol. The van der Waals surface area contributed by atoms with Crippen LogP contribution in [0.5, 0.6) is 0 Å². The van der Waals surface area contributed by atoms with E-state index in [1.165, 1.54) is 0 Å². The van der Waals surface area contributed by atoms with Crippen molar-refractivity contribution in [3.05, 3.63) is 12.2 Å². The summed E-state index contributed by atoms with van der Waals surface area (Å²) in [6, 6.07) is 4.29. The minimum Gasteiger partial charge on any atom is -0.198 e. The highest BCUT2D eigenvalue weighted by molar-refractivity contribution is 5.12. The summed E-state index contributed by atoms with van der Waals surface area (Å²) in [6.07, 6.45) is 5.64. The molecule has 64 valence electrons. The van der Waals surface area contributed by atoms with E-state index in [9.17, 15) is 0 Å². The fraction of sp³-hybridized carbons (Fsp3) is 0.600. The first-order chi connectivity index (χ1) is 5.74. The first kappa shape index (κ1) is 10.7. The van der Waals surface area contributed by atoms with Crippen LogP contribution in [0.3, 0.4) is 0 Å². The lowest BCUT2D eigenvalue weighted by atomic mass is 9.83. The Morgan fingerprint density at radius 3 is 2.17 bits per heavy atom. The highest BCUT2D eigenvalue weighted by atomic mass is 14.3. The predicted octanol–water partition coefficient (Wildman–Crippen LogP) is 2.79. The number of hydrogen-bond acceptors (Lipinski definition) is 2. The summed E-state index contributed by atoms with van der Waals surface area (Å²) in [4.78, 5) is 0. The number of nitrogens with zero attached hydrogens (tertiary/aromatic N) is 2. The zero-order valence-electron chi connectivity index (χ0n) is 7.67. The predicted molar refractivity (Wildman–Crippen MR) is 48.0 cm³/mol. The quantitative estimate of drug-likeness (QED) is 0.597. The van der Waals surface area contributed by atoms with Crippen molar-refractivity contribution in [2.24, 2.45) is 5.41 Å². The monoisotopic (exact) mass is 162 g/mol. The highest BCUT2D eigenvalue weighted by Gasteiger charge is 2.21. The molecule has 0 aromatic carbocycles. The van der Waals surface area contributed by atoms with Crippen molar-refractivity contribution in [2.75, 3.05) is 0 Å². The summed E-state index contributed by atoms with van der Waals surface area (Å²) in [5.74, 6) is 0. The van der Waals surface area contributed by atoms with Crippen LogP contribution in [0.1, 0.15) is 33.1 Å². The molecule has 0 aromatic rings. The largest absolute Gasteiger partial charge is 0.198 e. The second-order valence-electron chi connectivity index (χ2n) is 2.74. The molecule has 0 unspecified atom stereocenters. The number of nitriles is 2. The molecular formula is C10H14N2. The maximum absolute atomic E-state index is 8.89. The lowest BCUT2D eigenvalue weighted by molar-refractivity contribution is 0.469. The zero-order valence-corrected chi connectivity index (χ0v) is 7.67. The Hall–Kier alpha value is -1.28. The van der Waals surface area contributed by atoms with Gasteiger partial charge in [0.15, 0.2) is 0 Å². The van der Waals surface area contributed by atoms with Crippen molar-refractivity contribution in [3.8, 4) is 12.1 Å². The maximum Gasteiger partial charge on any atom is 0.0748 e. The second kappa shape index (κ2) is 5.38. The molecule has 0 aliphatic rings. The number of rotatable bonds is 4. The molecule has 0 rings (SSSR count). The molecule has 0 N–H and O–H groups in total. The normalized spacial score (nSPS) is 11.0. The van der Waals surface area contributed by atoms with Crippen molar-refractivity contribution < 1.29 is 0 Å². The van der Waals surface area contributed by atoms with E-state index in [2.05, 4.69) is 6.07 Å². The van der Waals surface area contributed by atoms with Gasteiger partial charge in [-0.3, -0.25) is 0 Å². The van der Waals surface area contributed by atoms with Crippen LogP contribution >= 0.6 is 0 Å². The minimum absolute atomic E-state index is 0.350. The number of allylic oxidation sites excluding steroid dienone is 2. The van der Waals surface area contributed by atoms with Gasteiger partial charge in [0.25, 0.3) is 0 Å². The van der Waals surface area contributed by atoms with Crippen molar-refractivity contribution in [1.82, 2.24) is 0 Å². The first-order valence-electron chi connectivity index (χ1n) is 4.20. The summed E-state index contributed by atoms with van der Waals surface area (Å²) in [5.41, 5.74) is -0.350. The van der Waals surface area contributed by atoms with Gasteiger partial charge in [0.2, 0.25) is 0 Å². The molecule has 0 saturated carbocycles. The Bertz CT molecular complexity index is 223. The molecule has 0 fully saturated rings. The first-order valence-corrected chi connectivity index (χ1v) is 4.20. The smallest absolute Gasteiger partial charge is 0.0748 e. The molecule has 0 aromatic heterocycles. The van der Waals surface area contributed by atoms with E-state index in [-0.39, 0.29) is 5.41 Å². The summed E-state index contributed by atoms with van der Waals surface area (Å²) in [6.45, 7) is 3.98. The second-order valence-corrected chi connectivity index (χ2v) is 2.74. The van der Waals surface area contributed by atoms with Crippen LogP contribution in [0.25, 0.3) is 0 Å². The Kier molecular flexibility index (Phi) is 4.81. The lowest BCUT2D eigenvalue weighted by Gasteiger charge is -2.17. The van der Waals surface area contributed by atoms with E-state index in [0.717, 1.165) is 12.8 Å². The van der Waals surface area contributed by atoms with E-state index in [0.29, 0.717) is 6.42 Å². The standard InChI is InChI=1S/C10H14N2/c1-3-10(4-2,9-12)7-5-6-8-11/h5,7H,3-4,6H2,1-2H3. The fourth-order valence-corrected chi connectivity index (χ4v) is 1.02. The molecule has 0 saturated heterocycles. The summed E-state index contributed by atoms with van der Waals surface area (Å²) in [5, 5.41) is 17.2. The van der Waals surface area contributed by atoms with Crippen LogP contribution in [0.15, 0.2) is 12.2 Å². The molecule has 0 aliphatic carbocycles. The lowest BCUT2D eigenvalue weighted by Crippen LogP contribution is -2.11. The van der Waals surface area contributed by atoms with E-state index in [1.807, 2.05) is 26.0 Å². The van der Waals surface area contributed by atoms with Crippen LogP contribution in [0.2, 0.25) is 0 Å². The van der Waals surface area contributed by atoms with Crippen molar-refractivity contribution in [1.29, 1.82) is 10.5 Å². The third kappa shape index (κ3) is 2.76. The van der Waals surface area contributed by atoms with Crippen molar-refractivity contribution in [3.63, 3.8) is 0 Å². The van der Waals surface area contributed by atoms with Gasteiger partial charge in [-0.15, -0.1) is 0 Å². The molecule has 2 nitrogen and oxygen atoms in total. The molecule has 0 atom stereocenters. The third-order valence-corrected chi connectivity index (χ3v) is 2.13. The van der Waals surface area contributed by atoms with Gasteiger partial charge in [0.1, 0.15) is 0 Å². The van der Waals surface area contributed by atoms with E-state index in [4.69, 9.17) is 10.5 Å². The Labute approximate surface area is 74.1 Å². The van der Waals surface area contributed by atoms with Crippen LogP contribution in [0.4, 0.5) is 0 Å². The van der Waals surface area contributed by atoms with Crippen LogP contribution in [-0.4, -0.2) is 0 Å². The zero-order chi connectivity index (χ0) is 9.45. The van der Waals surface area contributed by atoms with E-state index >= 15 is 0 Å². The molecule has 0 aliphatic heterocycles. The highest BCUT2D eigenvalue weighted by Crippen LogP contribution is 2.26. The molecule has 0 amide bonds. The SMILES string of the molecule is CCC(C#N)(C=CCC#N)CC. The topological polar surface area (TPSA) is 47.6 Å². The Balaban J connectivity index is 4.35. The van der Waals surface area contributed by atoms with Gasteiger partial charge in [-0.2, -0.15) is 10.5 Å².